The van der Waals surface area contributed by atoms with E-state index in [2.05, 4.69) is 26.8 Å². The molecular formula is C13H14N4. The predicted molar refractivity (Wildman–Crippen MR) is 67.3 cm³/mol. The molecule has 0 amide bonds. The molecule has 0 saturated heterocycles. The second-order valence-corrected chi connectivity index (χ2v) is 4.35. The second kappa shape index (κ2) is 3.45. The highest BCUT2D eigenvalue weighted by molar-refractivity contribution is 5.80. The molecule has 2 aromatic heterocycles. The average molecular weight is 226 g/mol. The van der Waals surface area contributed by atoms with E-state index in [0.717, 1.165) is 28.1 Å². The van der Waals surface area contributed by atoms with Gasteiger partial charge >= 0.3 is 0 Å². The number of hydrogen-bond donors (Lipinski definition) is 0. The van der Waals surface area contributed by atoms with Crippen LogP contribution in [0, 0.1) is 13.8 Å². The van der Waals surface area contributed by atoms with Crippen molar-refractivity contribution in [3.8, 4) is 5.69 Å². The Labute approximate surface area is 99.5 Å². The fourth-order valence-corrected chi connectivity index (χ4v) is 2.17. The van der Waals surface area contributed by atoms with Crippen molar-refractivity contribution in [2.24, 2.45) is 7.05 Å². The Morgan fingerprint density at radius 2 is 1.94 bits per heavy atom. The number of hydrogen-bond acceptors (Lipinski definition) is 2. The Morgan fingerprint density at radius 1 is 1.12 bits per heavy atom. The maximum Gasteiger partial charge on any atom is 0.110 e. The molecule has 4 nitrogen and oxygen atoms in total. The highest BCUT2D eigenvalue weighted by Gasteiger charge is 2.05. The van der Waals surface area contributed by atoms with E-state index in [4.69, 9.17) is 0 Å². The van der Waals surface area contributed by atoms with E-state index in [-0.39, 0.29) is 0 Å². The maximum absolute atomic E-state index is 4.41. The molecule has 0 radical (unpaired) electrons. The maximum atomic E-state index is 4.41. The summed E-state index contributed by atoms with van der Waals surface area (Å²) in [7, 11) is 1.94. The van der Waals surface area contributed by atoms with E-state index < -0.39 is 0 Å². The Balaban J connectivity index is 2.20. The highest BCUT2D eigenvalue weighted by atomic mass is 15.2. The molecule has 0 N–H and O–H groups in total. The van der Waals surface area contributed by atoms with E-state index in [0.29, 0.717) is 0 Å². The van der Waals surface area contributed by atoms with Crippen molar-refractivity contribution in [1.29, 1.82) is 0 Å². The Bertz CT molecular complexity index is 691. The summed E-state index contributed by atoms with van der Waals surface area (Å²) in [6.45, 7) is 4.02. The normalized spacial score (nSPS) is 11.2. The Morgan fingerprint density at radius 3 is 2.65 bits per heavy atom. The SMILES string of the molecule is Cc1cn(-c2ccc3nn(C)cc3c2)c(C)n1. The highest BCUT2D eigenvalue weighted by Crippen LogP contribution is 2.18. The molecule has 0 unspecified atom stereocenters. The Kier molecular flexibility index (Phi) is 2.04. The van der Waals surface area contributed by atoms with Crippen LogP contribution >= 0.6 is 0 Å². The quantitative estimate of drug-likeness (QED) is 0.638. The van der Waals surface area contributed by atoms with Crippen LogP contribution < -0.4 is 0 Å². The lowest BCUT2D eigenvalue weighted by atomic mass is 10.2. The molecule has 0 saturated carbocycles. The third-order valence-electron chi connectivity index (χ3n) is 2.88. The van der Waals surface area contributed by atoms with Gasteiger partial charge in [0.1, 0.15) is 5.82 Å². The Hall–Kier alpha value is -2.10. The largest absolute Gasteiger partial charge is 0.304 e. The number of fused-ring (bicyclic) bond motifs is 1. The van der Waals surface area contributed by atoms with Gasteiger partial charge in [-0.15, -0.1) is 0 Å². The molecule has 0 bridgehead atoms. The zero-order chi connectivity index (χ0) is 12.0. The smallest absolute Gasteiger partial charge is 0.110 e. The van der Waals surface area contributed by atoms with Crippen molar-refractivity contribution < 1.29 is 0 Å². The van der Waals surface area contributed by atoms with E-state index in [1.807, 2.05) is 44.0 Å². The first-order valence-corrected chi connectivity index (χ1v) is 5.60. The molecule has 86 valence electrons. The predicted octanol–water partition coefficient (Wildman–Crippen LogP) is 2.38. The van der Waals surface area contributed by atoms with E-state index in [1.54, 1.807) is 0 Å². The minimum atomic E-state index is 1.01. The standard InChI is InChI=1S/C13H14N4/c1-9-7-17(10(2)14-9)12-4-5-13-11(6-12)8-16(3)15-13/h4-8H,1-3H3. The lowest BCUT2D eigenvalue weighted by Crippen LogP contribution is -1.94. The van der Waals surface area contributed by atoms with Crippen LogP contribution in [-0.4, -0.2) is 19.3 Å². The van der Waals surface area contributed by atoms with Gasteiger partial charge in [-0.1, -0.05) is 0 Å². The molecule has 17 heavy (non-hydrogen) atoms. The molecule has 0 aliphatic heterocycles. The fraction of sp³-hybridized carbons (Fsp3) is 0.231. The molecule has 0 atom stereocenters. The zero-order valence-corrected chi connectivity index (χ0v) is 10.2. The van der Waals surface area contributed by atoms with Gasteiger partial charge in [-0.05, 0) is 32.0 Å². The summed E-state index contributed by atoms with van der Waals surface area (Å²) in [5, 5.41) is 5.52. The van der Waals surface area contributed by atoms with Gasteiger partial charge in [0.25, 0.3) is 0 Å². The van der Waals surface area contributed by atoms with Gasteiger partial charge in [-0.25, -0.2) is 4.98 Å². The van der Waals surface area contributed by atoms with Gasteiger partial charge in [0.2, 0.25) is 0 Å². The average Bonchev–Trinajstić information content (AvgIpc) is 2.78. The number of aryl methyl sites for hydroxylation is 3. The number of benzene rings is 1. The second-order valence-electron chi connectivity index (χ2n) is 4.35. The third kappa shape index (κ3) is 1.62. The van der Waals surface area contributed by atoms with Crippen molar-refractivity contribution in [1.82, 2.24) is 19.3 Å². The topological polar surface area (TPSA) is 35.6 Å². The molecule has 4 heteroatoms. The lowest BCUT2D eigenvalue weighted by Gasteiger charge is -2.04. The van der Waals surface area contributed by atoms with Crippen LogP contribution in [0.25, 0.3) is 16.6 Å². The lowest BCUT2D eigenvalue weighted by molar-refractivity contribution is 0.780. The molecule has 0 spiro atoms. The summed E-state index contributed by atoms with van der Waals surface area (Å²) in [5.74, 6) is 1.01. The minimum Gasteiger partial charge on any atom is -0.304 e. The number of imidazole rings is 1. The van der Waals surface area contributed by atoms with Crippen molar-refractivity contribution in [2.45, 2.75) is 13.8 Å². The van der Waals surface area contributed by atoms with E-state index in [1.165, 1.54) is 0 Å². The molecule has 0 aliphatic carbocycles. The zero-order valence-electron chi connectivity index (χ0n) is 10.2. The van der Waals surface area contributed by atoms with Gasteiger partial charge in [0, 0.05) is 30.5 Å². The third-order valence-corrected chi connectivity index (χ3v) is 2.88. The van der Waals surface area contributed by atoms with Crippen molar-refractivity contribution >= 4 is 10.9 Å². The first-order valence-electron chi connectivity index (χ1n) is 5.60. The first-order chi connectivity index (χ1) is 8.13. The van der Waals surface area contributed by atoms with Crippen molar-refractivity contribution in [3.63, 3.8) is 0 Å². The molecule has 0 fully saturated rings. The van der Waals surface area contributed by atoms with E-state index >= 15 is 0 Å². The van der Waals surface area contributed by atoms with Crippen LogP contribution in [0.4, 0.5) is 0 Å². The van der Waals surface area contributed by atoms with Gasteiger partial charge < -0.3 is 4.57 Å². The molecule has 3 rings (SSSR count). The van der Waals surface area contributed by atoms with Crippen LogP contribution in [0.2, 0.25) is 0 Å². The van der Waals surface area contributed by atoms with Crippen LogP contribution in [0.3, 0.4) is 0 Å². The summed E-state index contributed by atoms with van der Waals surface area (Å²) in [6.07, 6.45) is 4.07. The monoisotopic (exact) mass is 226 g/mol. The molecule has 0 aliphatic rings. The number of aromatic nitrogens is 4. The summed E-state index contributed by atoms with van der Waals surface area (Å²) in [4.78, 5) is 4.41. The van der Waals surface area contributed by atoms with Gasteiger partial charge in [-0.3, -0.25) is 4.68 Å². The number of rotatable bonds is 1. The fourth-order valence-electron chi connectivity index (χ4n) is 2.17. The van der Waals surface area contributed by atoms with Gasteiger partial charge in [-0.2, -0.15) is 5.10 Å². The van der Waals surface area contributed by atoms with Gasteiger partial charge in [0.05, 0.1) is 11.2 Å². The van der Waals surface area contributed by atoms with Crippen molar-refractivity contribution in [3.05, 3.63) is 42.1 Å². The molecule has 1 aromatic carbocycles. The van der Waals surface area contributed by atoms with Crippen LogP contribution in [0.15, 0.2) is 30.6 Å². The summed E-state index contributed by atoms with van der Waals surface area (Å²) in [5.41, 5.74) is 3.18. The molecule has 3 aromatic rings. The number of nitrogens with zero attached hydrogens (tertiary/aromatic N) is 4. The van der Waals surface area contributed by atoms with E-state index in [9.17, 15) is 0 Å². The first kappa shape index (κ1) is 10.1. The summed E-state index contributed by atoms with van der Waals surface area (Å²) in [6, 6.07) is 6.25. The molecular weight excluding hydrogens is 212 g/mol. The van der Waals surface area contributed by atoms with Crippen molar-refractivity contribution in [2.75, 3.05) is 0 Å². The minimum absolute atomic E-state index is 1.01. The van der Waals surface area contributed by atoms with Crippen LogP contribution in [0.1, 0.15) is 11.5 Å². The van der Waals surface area contributed by atoms with Crippen LogP contribution in [0.5, 0.6) is 0 Å². The summed E-state index contributed by atoms with van der Waals surface area (Å²) >= 11 is 0. The summed E-state index contributed by atoms with van der Waals surface area (Å²) < 4.78 is 3.93. The molecule has 2 heterocycles. The van der Waals surface area contributed by atoms with Gasteiger partial charge in [0.15, 0.2) is 0 Å². The van der Waals surface area contributed by atoms with Crippen LogP contribution in [-0.2, 0) is 7.05 Å².